The predicted octanol–water partition coefficient (Wildman–Crippen LogP) is 2.34. The van der Waals surface area contributed by atoms with Crippen LogP contribution in [0.5, 0.6) is 0 Å². The predicted molar refractivity (Wildman–Crippen MR) is 78.6 cm³/mol. The smallest absolute Gasteiger partial charge is 0.303 e. The highest BCUT2D eigenvalue weighted by molar-refractivity contribution is 5.92. The summed E-state index contributed by atoms with van der Waals surface area (Å²) < 4.78 is 12.8. The van der Waals surface area contributed by atoms with Crippen LogP contribution in [-0.2, 0) is 9.59 Å². The molecule has 2 N–H and O–H groups in total. The van der Waals surface area contributed by atoms with Crippen LogP contribution in [0.4, 0.5) is 10.1 Å². The largest absolute Gasteiger partial charge is 0.481 e. The zero-order valence-corrected chi connectivity index (χ0v) is 12.3. The zero-order chi connectivity index (χ0) is 15.8. The van der Waals surface area contributed by atoms with Crippen molar-refractivity contribution >= 4 is 17.6 Å². The number of anilines is 1. The summed E-state index contributed by atoms with van der Waals surface area (Å²) in [7, 11) is 0. The minimum absolute atomic E-state index is 0.0861. The van der Waals surface area contributed by atoms with Gasteiger partial charge in [0.15, 0.2) is 0 Å². The topological polar surface area (TPSA) is 69.6 Å². The minimum atomic E-state index is -0.838. The normalized spacial score (nSPS) is 10.9. The van der Waals surface area contributed by atoms with Crippen LogP contribution in [-0.4, -0.2) is 41.0 Å². The summed E-state index contributed by atoms with van der Waals surface area (Å²) in [5.74, 6) is -1.40. The van der Waals surface area contributed by atoms with Crippen LogP contribution in [0.3, 0.4) is 0 Å². The summed E-state index contributed by atoms with van der Waals surface area (Å²) in [5.41, 5.74) is 0.538. The van der Waals surface area contributed by atoms with Crippen LogP contribution < -0.4 is 5.32 Å². The molecular weight excluding hydrogens is 275 g/mol. The fraction of sp³-hybridized carbons (Fsp3) is 0.467. The van der Waals surface area contributed by atoms with E-state index in [1.165, 1.54) is 24.3 Å². The van der Waals surface area contributed by atoms with Crippen molar-refractivity contribution in [2.24, 2.45) is 0 Å². The van der Waals surface area contributed by atoms with Gasteiger partial charge in [-0.05, 0) is 51.1 Å². The number of carboxylic acid groups (broad SMARTS) is 1. The average molecular weight is 296 g/mol. The third-order valence-corrected chi connectivity index (χ3v) is 3.04. The van der Waals surface area contributed by atoms with Crippen LogP contribution in [0.2, 0.25) is 0 Å². The molecule has 0 saturated heterocycles. The van der Waals surface area contributed by atoms with Gasteiger partial charge in [0.1, 0.15) is 5.82 Å². The van der Waals surface area contributed by atoms with E-state index in [1.54, 1.807) is 0 Å². The number of halogens is 1. The van der Waals surface area contributed by atoms with E-state index in [4.69, 9.17) is 5.11 Å². The van der Waals surface area contributed by atoms with Crippen molar-refractivity contribution in [3.05, 3.63) is 30.1 Å². The van der Waals surface area contributed by atoms with Gasteiger partial charge < -0.3 is 10.4 Å². The lowest BCUT2D eigenvalue weighted by atomic mass is 10.2. The molecule has 1 aromatic carbocycles. The molecule has 6 heteroatoms. The van der Waals surface area contributed by atoms with Crippen LogP contribution in [0.25, 0.3) is 0 Å². The fourth-order valence-corrected chi connectivity index (χ4v) is 1.87. The summed E-state index contributed by atoms with van der Waals surface area (Å²) in [6.45, 7) is 4.62. The van der Waals surface area contributed by atoms with Gasteiger partial charge in [0.25, 0.3) is 0 Å². The van der Waals surface area contributed by atoms with Gasteiger partial charge in [-0.1, -0.05) is 0 Å². The first-order valence-electron chi connectivity index (χ1n) is 6.89. The van der Waals surface area contributed by atoms with E-state index in [0.717, 1.165) is 0 Å². The maximum atomic E-state index is 12.8. The van der Waals surface area contributed by atoms with Gasteiger partial charge >= 0.3 is 5.97 Å². The Bertz CT molecular complexity index is 474. The Morgan fingerprint density at radius 3 is 2.43 bits per heavy atom. The molecule has 0 unspecified atom stereocenters. The molecule has 0 atom stereocenters. The minimum Gasteiger partial charge on any atom is -0.481 e. The quantitative estimate of drug-likeness (QED) is 0.772. The Hall–Kier alpha value is -1.95. The molecule has 1 aromatic rings. The third-order valence-electron chi connectivity index (χ3n) is 3.04. The number of carboxylic acids is 1. The molecule has 0 spiro atoms. The second kappa shape index (κ2) is 8.36. The molecule has 1 rings (SSSR count). The molecule has 116 valence electrons. The third kappa shape index (κ3) is 6.85. The van der Waals surface area contributed by atoms with Gasteiger partial charge in [0.2, 0.25) is 5.91 Å². The van der Waals surface area contributed by atoms with E-state index in [9.17, 15) is 14.0 Å². The lowest BCUT2D eigenvalue weighted by molar-refractivity contribution is -0.137. The molecule has 0 aliphatic carbocycles. The van der Waals surface area contributed by atoms with Crippen molar-refractivity contribution in [1.82, 2.24) is 4.90 Å². The molecule has 0 bridgehead atoms. The second-order valence-corrected chi connectivity index (χ2v) is 5.12. The molecule has 0 aliphatic heterocycles. The van der Waals surface area contributed by atoms with Crippen molar-refractivity contribution in [2.75, 3.05) is 18.4 Å². The summed E-state index contributed by atoms with van der Waals surface area (Å²) in [4.78, 5) is 24.4. The highest BCUT2D eigenvalue weighted by Crippen LogP contribution is 2.09. The average Bonchev–Trinajstić information content (AvgIpc) is 2.39. The second-order valence-electron chi connectivity index (χ2n) is 5.12. The number of carbonyl (C=O) groups is 2. The van der Waals surface area contributed by atoms with E-state index >= 15 is 0 Å². The van der Waals surface area contributed by atoms with Gasteiger partial charge in [0.05, 0.1) is 6.54 Å². The Balaban J connectivity index is 2.48. The Kier molecular flexibility index (Phi) is 6.81. The van der Waals surface area contributed by atoms with Crippen molar-refractivity contribution in [2.45, 2.75) is 32.7 Å². The van der Waals surface area contributed by atoms with Gasteiger partial charge in [-0.25, -0.2) is 4.39 Å². The number of benzene rings is 1. The number of aliphatic carboxylic acids is 1. The van der Waals surface area contributed by atoms with Gasteiger partial charge in [-0.15, -0.1) is 0 Å². The maximum Gasteiger partial charge on any atom is 0.303 e. The van der Waals surface area contributed by atoms with E-state index in [0.29, 0.717) is 18.7 Å². The highest BCUT2D eigenvalue weighted by Gasteiger charge is 2.14. The molecule has 21 heavy (non-hydrogen) atoms. The van der Waals surface area contributed by atoms with E-state index in [-0.39, 0.29) is 30.7 Å². The first kappa shape index (κ1) is 17.1. The Morgan fingerprint density at radius 1 is 1.29 bits per heavy atom. The fourth-order valence-electron chi connectivity index (χ4n) is 1.87. The molecule has 0 aliphatic rings. The van der Waals surface area contributed by atoms with Crippen LogP contribution in [0, 0.1) is 5.82 Å². The van der Waals surface area contributed by atoms with Gasteiger partial charge in [0, 0.05) is 18.2 Å². The van der Waals surface area contributed by atoms with Crippen LogP contribution >= 0.6 is 0 Å². The van der Waals surface area contributed by atoms with Crippen LogP contribution in [0.1, 0.15) is 26.7 Å². The molecule has 0 heterocycles. The SMILES string of the molecule is CC(C)N(CCCC(=O)O)CC(=O)Nc1ccc(F)cc1. The standard InChI is InChI=1S/C15H21FN2O3/c1-11(2)18(9-3-4-15(20)21)10-14(19)17-13-7-5-12(16)6-8-13/h5-8,11H,3-4,9-10H2,1-2H3,(H,17,19)(H,20,21). The molecule has 0 aromatic heterocycles. The monoisotopic (exact) mass is 296 g/mol. The van der Waals surface area contributed by atoms with Crippen molar-refractivity contribution in [1.29, 1.82) is 0 Å². The first-order chi connectivity index (χ1) is 9.88. The van der Waals surface area contributed by atoms with E-state index in [2.05, 4.69) is 5.32 Å². The van der Waals surface area contributed by atoms with Crippen molar-refractivity contribution < 1.29 is 19.1 Å². The summed E-state index contributed by atoms with van der Waals surface area (Å²) in [6.07, 6.45) is 0.583. The Morgan fingerprint density at radius 2 is 1.90 bits per heavy atom. The van der Waals surface area contributed by atoms with Crippen LogP contribution in [0.15, 0.2) is 24.3 Å². The van der Waals surface area contributed by atoms with Gasteiger partial charge in [-0.3, -0.25) is 14.5 Å². The molecule has 0 radical (unpaired) electrons. The molecule has 0 saturated carbocycles. The summed E-state index contributed by atoms with van der Waals surface area (Å²) in [6, 6.07) is 5.69. The van der Waals surface area contributed by atoms with Gasteiger partial charge in [-0.2, -0.15) is 0 Å². The summed E-state index contributed by atoms with van der Waals surface area (Å²) >= 11 is 0. The number of carbonyl (C=O) groups excluding carboxylic acids is 1. The van der Waals surface area contributed by atoms with E-state index < -0.39 is 5.97 Å². The lowest BCUT2D eigenvalue weighted by Gasteiger charge is -2.25. The first-order valence-corrected chi connectivity index (χ1v) is 6.89. The Labute approximate surface area is 123 Å². The lowest BCUT2D eigenvalue weighted by Crippen LogP contribution is -2.38. The number of rotatable bonds is 8. The molecule has 0 fully saturated rings. The number of nitrogens with zero attached hydrogens (tertiary/aromatic N) is 1. The number of amides is 1. The molecule has 5 nitrogen and oxygen atoms in total. The molecule has 1 amide bonds. The summed E-state index contributed by atoms with van der Waals surface area (Å²) in [5, 5.41) is 11.3. The highest BCUT2D eigenvalue weighted by atomic mass is 19.1. The molecular formula is C15H21FN2O3. The van der Waals surface area contributed by atoms with Crippen molar-refractivity contribution in [3.8, 4) is 0 Å². The van der Waals surface area contributed by atoms with Crippen molar-refractivity contribution in [3.63, 3.8) is 0 Å². The maximum absolute atomic E-state index is 12.8. The number of hydrogen-bond acceptors (Lipinski definition) is 3. The number of nitrogens with one attached hydrogen (secondary N) is 1. The zero-order valence-electron chi connectivity index (χ0n) is 12.3. The number of hydrogen-bond donors (Lipinski definition) is 2. The van der Waals surface area contributed by atoms with E-state index in [1.807, 2.05) is 18.7 Å².